The molecule has 0 bridgehead atoms. The molecule has 1 unspecified atom stereocenters. The summed E-state index contributed by atoms with van der Waals surface area (Å²) in [5.74, 6) is 0.521. The third-order valence-electron chi connectivity index (χ3n) is 2.55. The lowest BCUT2D eigenvalue weighted by atomic mass is 10.2. The van der Waals surface area contributed by atoms with Gasteiger partial charge in [-0.25, -0.2) is 0 Å². The second-order valence-corrected chi connectivity index (χ2v) is 4.08. The number of nitriles is 1. The Bertz CT molecular complexity index is 454. The molecule has 2 N–H and O–H groups in total. The van der Waals surface area contributed by atoms with E-state index in [9.17, 15) is 4.79 Å². The number of para-hydroxylation sites is 2. The zero-order valence-corrected chi connectivity index (χ0v) is 11.3. The van der Waals surface area contributed by atoms with Crippen LogP contribution in [0.25, 0.3) is 0 Å². The maximum atomic E-state index is 11.6. The van der Waals surface area contributed by atoms with Crippen LogP contribution in [0, 0.1) is 11.3 Å². The number of nitrogens with zero attached hydrogens (tertiary/aromatic N) is 1. The number of hydrogen-bond donors (Lipinski definition) is 2. The fourth-order valence-corrected chi connectivity index (χ4v) is 1.60. The van der Waals surface area contributed by atoms with Gasteiger partial charge in [-0.3, -0.25) is 4.79 Å². The molecule has 0 fully saturated rings. The number of ether oxygens (including phenoxy) is 1. The van der Waals surface area contributed by atoms with Crippen LogP contribution in [0.1, 0.15) is 19.8 Å². The van der Waals surface area contributed by atoms with Gasteiger partial charge in [0.15, 0.2) is 0 Å². The molecular formula is C14H19N3O2. The van der Waals surface area contributed by atoms with Gasteiger partial charge in [0.2, 0.25) is 5.91 Å². The second kappa shape index (κ2) is 7.98. The zero-order chi connectivity index (χ0) is 14.1. The quantitative estimate of drug-likeness (QED) is 0.786. The van der Waals surface area contributed by atoms with E-state index in [1.54, 1.807) is 13.2 Å². The largest absolute Gasteiger partial charge is 0.495 e. The Labute approximate surface area is 113 Å². The van der Waals surface area contributed by atoms with Crippen molar-refractivity contribution in [2.75, 3.05) is 19.0 Å². The predicted octanol–water partition coefficient (Wildman–Crippen LogP) is 1.92. The van der Waals surface area contributed by atoms with Gasteiger partial charge in [-0.05, 0) is 18.6 Å². The fraction of sp³-hybridized carbons (Fsp3) is 0.429. The van der Waals surface area contributed by atoms with Crippen LogP contribution in [-0.4, -0.2) is 25.6 Å². The van der Waals surface area contributed by atoms with Crippen LogP contribution in [0.2, 0.25) is 0 Å². The SMILES string of the molecule is CCCNC(=O)CC(C#N)Nc1ccccc1OC. The number of methoxy groups -OCH3 is 1. The zero-order valence-electron chi connectivity index (χ0n) is 11.3. The summed E-state index contributed by atoms with van der Waals surface area (Å²) in [5.41, 5.74) is 0.708. The monoisotopic (exact) mass is 261 g/mol. The van der Waals surface area contributed by atoms with E-state index in [1.807, 2.05) is 25.1 Å². The van der Waals surface area contributed by atoms with E-state index in [2.05, 4.69) is 16.7 Å². The first-order valence-corrected chi connectivity index (χ1v) is 6.27. The summed E-state index contributed by atoms with van der Waals surface area (Å²) in [6.45, 7) is 2.61. The van der Waals surface area contributed by atoms with Crippen LogP contribution in [-0.2, 0) is 4.79 Å². The Balaban J connectivity index is 2.62. The second-order valence-electron chi connectivity index (χ2n) is 4.08. The van der Waals surface area contributed by atoms with Crippen molar-refractivity contribution in [3.8, 4) is 11.8 Å². The van der Waals surface area contributed by atoms with Crippen molar-refractivity contribution in [3.05, 3.63) is 24.3 Å². The summed E-state index contributed by atoms with van der Waals surface area (Å²) >= 11 is 0. The molecule has 0 aromatic heterocycles. The normalized spacial score (nSPS) is 11.2. The van der Waals surface area contributed by atoms with Gasteiger partial charge in [0, 0.05) is 6.54 Å². The summed E-state index contributed by atoms with van der Waals surface area (Å²) in [4.78, 5) is 11.6. The number of carbonyl (C=O) groups is 1. The van der Waals surface area contributed by atoms with Crippen molar-refractivity contribution in [2.45, 2.75) is 25.8 Å². The number of anilines is 1. The number of rotatable bonds is 7. The highest BCUT2D eigenvalue weighted by molar-refractivity contribution is 5.77. The smallest absolute Gasteiger partial charge is 0.223 e. The summed E-state index contributed by atoms with van der Waals surface area (Å²) < 4.78 is 5.19. The summed E-state index contributed by atoms with van der Waals surface area (Å²) in [6, 6.07) is 8.81. The molecule has 0 aliphatic carbocycles. The lowest BCUT2D eigenvalue weighted by Gasteiger charge is -2.15. The van der Waals surface area contributed by atoms with Gasteiger partial charge in [-0.2, -0.15) is 5.26 Å². The molecule has 1 aromatic carbocycles. The molecule has 1 aromatic rings. The van der Waals surface area contributed by atoms with Crippen LogP contribution < -0.4 is 15.4 Å². The first kappa shape index (κ1) is 14.8. The summed E-state index contributed by atoms with van der Waals surface area (Å²) in [5, 5.41) is 14.9. The molecule has 0 saturated carbocycles. The van der Waals surface area contributed by atoms with Gasteiger partial charge >= 0.3 is 0 Å². The predicted molar refractivity (Wildman–Crippen MR) is 73.9 cm³/mol. The standard InChI is InChI=1S/C14H19N3O2/c1-3-8-16-14(18)9-11(10-15)17-12-6-4-5-7-13(12)19-2/h4-7,11,17H,3,8-9H2,1-2H3,(H,16,18). The fourth-order valence-electron chi connectivity index (χ4n) is 1.60. The van der Waals surface area contributed by atoms with Gasteiger partial charge in [0.1, 0.15) is 11.8 Å². The third-order valence-corrected chi connectivity index (χ3v) is 2.55. The van der Waals surface area contributed by atoms with Gasteiger partial charge in [0.05, 0.1) is 25.3 Å². The van der Waals surface area contributed by atoms with Crippen LogP contribution in [0.5, 0.6) is 5.75 Å². The average Bonchev–Trinajstić information content (AvgIpc) is 2.44. The van der Waals surface area contributed by atoms with E-state index < -0.39 is 6.04 Å². The first-order chi connectivity index (χ1) is 9.21. The van der Waals surface area contributed by atoms with Gasteiger partial charge in [-0.15, -0.1) is 0 Å². The maximum absolute atomic E-state index is 11.6. The highest BCUT2D eigenvalue weighted by Crippen LogP contribution is 2.24. The van der Waals surface area contributed by atoms with Crippen LogP contribution in [0.4, 0.5) is 5.69 Å². The minimum Gasteiger partial charge on any atom is -0.495 e. The van der Waals surface area contributed by atoms with Gasteiger partial charge < -0.3 is 15.4 Å². The third kappa shape index (κ3) is 4.88. The van der Waals surface area contributed by atoms with Gasteiger partial charge in [0.25, 0.3) is 0 Å². The van der Waals surface area contributed by atoms with Crippen molar-refractivity contribution in [1.29, 1.82) is 5.26 Å². The van der Waals surface area contributed by atoms with Crippen molar-refractivity contribution in [2.24, 2.45) is 0 Å². The molecule has 19 heavy (non-hydrogen) atoms. The number of nitrogens with one attached hydrogen (secondary N) is 2. The van der Waals surface area contributed by atoms with Crippen LogP contribution >= 0.6 is 0 Å². The molecular weight excluding hydrogens is 242 g/mol. The number of benzene rings is 1. The highest BCUT2D eigenvalue weighted by atomic mass is 16.5. The molecule has 0 saturated heterocycles. The highest BCUT2D eigenvalue weighted by Gasteiger charge is 2.14. The molecule has 102 valence electrons. The Morgan fingerprint density at radius 1 is 1.47 bits per heavy atom. The van der Waals surface area contributed by atoms with E-state index in [-0.39, 0.29) is 12.3 Å². The average molecular weight is 261 g/mol. The van der Waals surface area contributed by atoms with E-state index >= 15 is 0 Å². The van der Waals surface area contributed by atoms with Crippen molar-refractivity contribution >= 4 is 11.6 Å². The Hall–Kier alpha value is -2.22. The van der Waals surface area contributed by atoms with Gasteiger partial charge in [-0.1, -0.05) is 19.1 Å². The summed E-state index contributed by atoms with van der Waals surface area (Å²) in [6.07, 6.45) is 0.997. The molecule has 0 aliphatic heterocycles. The number of hydrogen-bond acceptors (Lipinski definition) is 4. The minimum absolute atomic E-state index is 0.120. The molecule has 5 nitrogen and oxygen atoms in total. The molecule has 0 radical (unpaired) electrons. The van der Waals surface area contributed by atoms with E-state index in [0.717, 1.165) is 6.42 Å². The molecule has 5 heteroatoms. The number of carbonyl (C=O) groups excluding carboxylic acids is 1. The van der Waals surface area contributed by atoms with Crippen LogP contribution in [0.3, 0.4) is 0 Å². The van der Waals surface area contributed by atoms with E-state index in [1.165, 1.54) is 0 Å². The Morgan fingerprint density at radius 2 is 2.21 bits per heavy atom. The lowest BCUT2D eigenvalue weighted by molar-refractivity contribution is -0.121. The topological polar surface area (TPSA) is 74.2 Å². The molecule has 0 aliphatic rings. The Morgan fingerprint density at radius 3 is 2.84 bits per heavy atom. The molecule has 0 heterocycles. The Kier molecular flexibility index (Phi) is 6.23. The number of amides is 1. The van der Waals surface area contributed by atoms with Crippen molar-refractivity contribution in [1.82, 2.24) is 5.32 Å². The molecule has 1 atom stereocenters. The lowest BCUT2D eigenvalue weighted by Crippen LogP contribution is -2.30. The first-order valence-electron chi connectivity index (χ1n) is 6.27. The summed E-state index contributed by atoms with van der Waals surface area (Å²) in [7, 11) is 1.57. The maximum Gasteiger partial charge on any atom is 0.223 e. The molecule has 1 rings (SSSR count). The van der Waals surface area contributed by atoms with Crippen molar-refractivity contribution < 1.29 is 9.53 Å². The van der Waals surface area contributed by atoms with Crippen molar-refractivity contribution in [3.63, 3.8) is 0 Å². The molecule has 0 spiro atoms. The minimum atomic E-state index is -0.576. The van der Waals surface area contributed by atoms with E-state index in [0.29, 0.717) is 18.0 Å². The molecule has 1 amide bonds. The van der Waals surface area contributed by atoms with Crippen LogP contribution in [0.15, 0.2) is 24.3 Å². The van der Waals surface area contributed by atoms with E-state index in [4.69, 9.17) is 10.00 Å².